The van der Waals surface area contributed by atoms with Crippen LogP contribution in [0.2, 0.25) is 0 Å². The van der Waals surface area contributed by atoms with Crippen LogP contribution in [0.25, 0.3) is 0 Å². The Morgan fingerprint density at radius 1 is 1.41 bits per heavy atom. The predicted molar refractivity (Wildman–Crippen MR) is 74.9 cm³/mol. The summed E-state index contributed by atoms with van der Waals surface area (Å²) in [5, 5.41) is 4.68. The molecule has 0 amide bonds. The van der Waals surface area contributed by atoms with Gasteiger partial charge >= 0.3 is 0 Å². The molecule has 1 aromatic heterocycles. The third kappa shape index (κ3) is 3.19. The van der Waals surface area contributed by atoms with Crippen LogP contribution < -0.4 is 10.2 Å². The first-order valence-corrected chi connectivity index (χ1v) is 7.50. The van der Waals surface area contributed by atoms with Crippen molar-refractivity contribution in [2.75, 3.05) is 18.5 Å². The van der Waals surface area contributed by atoms with E-state index in [1.807, 2.05) is 11.3 Å². The molecule has 0 bridgehead atoms. The number of thiazole rings is 1. The molecule has 1 heterocycles. The van der Waals surface area contributed by atoms with Crippen molar-refractivity contribution in [3.63, 3.8) is 0 Å². The van der Waals surface area contributed by atoms with Gasteiger partial charge in [-0.25, -0.2) is 4.98 Å². The van der Waals surface area contributed by atoms with Crippen LogP contribution in [-0.2, 0) is 13.0 Å². The minimum Gasteiger partial charge on any atom is -0.348 e. The molecule has 0 spiro atoms. The van der Waals surface area contributed by atoms with Gasteiger partial charge in [0.2, 0.25) is 0 Å². The summed E-state index contributed by atoms with van der Waals surface area (Å²) < 4.78 is 0. The molecular weight excluding hydrogens is 230 g/mol. The van der Waals surface area contributed by atoms with Crippen molar-refractivity contribution in [1.29, 1.82) is 0 Å². The van der Waals surface area contributed by atoms with Crippen LogP contribution in [0.5, 0.6) is 0 Å². The maximum Gasteiger partial charge on any atom is 0.185 e. The number of hydrogen-bond donors (Lipinski definition) is 1. The highest BCUT2D eigenvalue weighted by Crippen LogP contribution is 2.34. The van der Waals surface area contributed by atoms with Gasteiger partial charge in [-0.15, -0.1) is 11.3 Å². The lowest BCUT2D eigenvalue weighted by molar-refractivity contribution is 0.676. The second-order valence-corrected chi connectivity index (χ2v) is 5.80. The third-order valence-corrected chi connectivity index (χ3v) is 4.40. The van der Waals surface area contributed by atoms with Crippen molar-refractivity contribution in [1.82, 2.24) is 10.3 Å². The number of nitrogens with zero attached hydrogens (tertiary/aromatic N) is 2. The topological polar surface area (TPSA) is 28.2 Å². The Kier molecular flexibility index (Phi) is 4.40. The summed E-state index contributed by atoms with van der Waals surface area (Å²) in [6, 6.07) is 0.752. The first kappa shape index (κ1) is 12.8. The molecule has 1 aliphatic rings. The van der Waals surface area contributed by atoms with Crippen LogP contribution in [0, 0.1) is 0 Å². The van der Waals surface area contributed by atoms with E-state index in [2.05, 4.69) is 31.1 Å². The normalized spacial score (nSPS) is 15.2. The van der Waals surface area contributed by atoms with Crippen LogP contribution in [-0.4, -0.2) is 24.6 Å². The summed E-state index contributed by atoms with van der Waals surface area (Å²) in [6.45, 7) is 6.47. The molecule has 0 atom stereocenters. The molecule has 96 valence electrons. The Balaban J connectivity index is 2.02. The number of rotatable bonds is 7. The molecule has 4 heteroatoms. The highest BCUT2D eigenvalue weighted by Gasteiger charge is 2.28. The van der Waals surface area contributed by atoms with E-state index in [9.17, 15) is 0 Å². The Bertz CT molecular complexity index is 358. The van der Waals surface area contributed by atoms with Gasteiger partial charge in [-0.1, -0.05) is 13.8 Å². The van der Waals surface area contributed by atoms with Gasteiger partial charge < -0.3 is 10.2 Å². The van der Waals surface area contributed by atoms with Gasteiger partial charge in [0.15, 0.2) is 5.13 Å². The van der Waals surface area contributed by atoms with Crippen LogP contribution in [0.4, 0.5) is 5.13 Å². The summed E-state index contributed by atoms with van der Waals surface area (Å²) in [6.07, 6.45) is 4.90. The zero-order valence-corrected chi connectivity index (χ0v) is 11.9. The molecule has 0 unspecified atom stereocenters. The van der Waals surface area contributed by atoms with E-state index in [1.165, 1.54) is 35.0 Å². The Labute approximate surface area is 108 Å². The Morgan fingerprint density at radius 2 is 2.18 bits per heavy atom. The molecule has 1 saturated carbocycles. The minimum atomic E-state index is 0.752. The first-order valence-electron chi connectivity index (χ1n) is 6.68. The lowest BCUT2D eigenvalue weighted by Crippen LogP contribution is -2.18. The van der Waals surface area contributed by atoms with Crippen molar-refractivity contribution in [2.24, 2.45) is 0 Å². The number of aromatic nitrogens is 1. The van der Waals surface area contributed by atoms with E-state index >= 15 is 0 Å². The SMILES string of the molecule is CCCNCc1sc(N(C)C2CC2)nc1CC. The van der Waals surface area contributed by atoms with E-state index in [1.54, 1.807) is 0 Å². The molecule has 17 heavy (non-hydrogen) atoms. The Morgan fingerprint density at radius 3 is 2.76 bits per heavy atom. The standard InChI is InChI=1S/C13H23N3S/c1-4-8-14-9-12-11(5-2)15-13(17-12)16(3)10-6-7-10/h10,14H,4-9H2,1-3H3. The van der Waals surface area contributed by atoms with Gasteiger partial charge in [0.1, 0.15) is 0 Å². The number of hydrogen-bond acceptors (Lipinski definition) is 4. The zero-order chi connectivity index (χ0) is 12.3. The van der Waals surface area contributed by atoms with Gasteiger partial charge in [0.05, 0.1) is 5.69 Å². The van der Waals surface area contributed by atoms with Gasteiger partial charge in [0.25, 0.3) is 0 Å². The van der Waals surface area contributed by atoms with Gasteiger partial charge in [-0.2, -0.15) is 0 Å². The second-order valence-electron chi connectivity index (χ2n) is 4.74. The summed E-state index contributed by atoms with van der Waals surface area (Å²) in [4.78, 5) is 8.55. The van der Waals surface area contributed by atoms with Crippen molar-refractivity contribution in [2.45, 2.75) is 52.1 Å². The molecule has 1 aliphatic carbocycles. The monoisotopic (exact) mass is 253 g/mol. The Hall–Kier alpha value is -0.610. The van der Waals surface area contributed by atoms with Gasteiger partial charge in [-0.3, -0.25) is 0 Å². The molecule has 3 nitrogen and oxygen atoms in total. The summed E-state index contributed by atoms with van der Waals surface area (Å²) in [5.74, 6) is 0. The number of nitrogens with one attached hydrogen (secondary N) is 1. The molecule has 0 aromatic carbocycles. The highest BCUT2D eigenvalue weighted by atomic mass is 32.1. The van der Waals surface area contributed by atoms with Crippen molar-refractivity contribution in [3.05, 3.63) is 10.6 Å². The molecule has 0 saturated heterocycles. The third-order valence-electron chi connectivity index (χ3n) is 3.21. The quantitative estimate of drug-likeness (QED) is 0.757. The van der Waals surface area contributed by atoms with E-state index in [-0.39, 0.29) is 0 Å². The lowest BCUT2D eigenvalue weighted by atomic mass is 10.3. The van der Waals surface area contributed by atoms with E-state index in [0.29, 0.717) is 0 Å². The van der Waals surface area contributed by atoms with E-state index in [4.69, 9.17) is 4.98 Å². The number of anilines is 1. The van der Waals surface area contributed by atoms with E-state index < -0.39 is 0 Å². The fraction of sp³-hybridized carbons (Fsp3) is 0.769. The lowest BCUT2D eigenvalue weighted by Gasteiger charge is -2.13. The van der Waals surface area contributed by atoms with Crippen LogP contribution in [0.1, 0.15) is 43.7 Å². The maximum atomic E-state index is 4.77. The highest BCUT2D eigenvalue weighted by molar-refractivity contribution is 7.15. The van der Waals surface area contributed by atoms with Gasteiger partial charge in [0, 0.05) is 24.5 Å². The summed E-state index contributed by atoms with van der Waals surface area (Å²) in [7, 11) is 2.18. The molecule has 1 N–H and O–H groups in total. The second kappa shape index (κ2) is 5.83. The van der Waals surface area contributed by atoms with Crippen LogP contribution in [0.15, 0.2) is 0 Å². The van der Waals surface area contributed by atoms with Crippen molar-refractivity contribution >= 4 is 16.5 Å². The molecule has 2 rings (SSSR count). The average Bonchev–Trinajstić information content (AvgIpc) is 3.10. The molecule has 1 fully saturated rings. The van der Waals surface area contributed by atoms with Crippen LogP contribution >= 0.6 is 11.3 Å². The fourth-order valence-electron chi connectivity index (χ4n) is 1.93. The van der Waals surface area contributed by atoms with Crippen molar-refractivity contribution < 1.29 is 0 Å². The molecule has 1 aromatic rings. The smallest absolute Gasteiger partial charge is 0.185 e. The summed E-state index contributed by atoms with van der Waals surface area (Å²) >= 11 is 1.86. The largest absolute Gasteiger partial charge is 0.348 e. The predicted octanol–water partition coefficient (Wildman–Crippen LogP) is 2.80. The first-order chi connectivity index (χ1) is 8.26. The van der Waals surface area contributed by atoms with Gasteiger partial charge in [-0.05, 0) is 32.2 Å². The van der Waals surface area contributed by atoms with Crippen molar-refractivity contribution in [3.8, 4) is 0 Å². The number of aryl methyl sites for hydroxylation is 1. The van der Waals surface area contributed by atoms with E-state index in [0.717, 1.165) is 25.6 Å². The minimum absolute atomic E-state index is 0.752. The fourth-order valence-corrected chi connectivity index (χ4v) is 3.08. The average molecular weight is 253 g/mol. The molecule has 0 radical (unpaired) electrons. The molecular formula is C13H23N3S. The van der Waals surface area contributed by atoms with Crippen LogP contribution in [0.3, 0.4) is 0 Å². The molecule has 0 aliphatic heterocycles. The zero-order valence-electron chi connectivity index (χ0n) is 11.1. The maximum absolute atomic E-state index is 4.77. The summed E-state index contributed by atoms with van der Waals surface area (Å²) in [5.41, 5.74) is 1.28.